The Labute approximate surface area is 96.5 Å². The summed E-state index contributed by atoms with van der Waals surface area (Å²) < 4.78 is 28.1. The number of sulfonamides is 1. The van der Waals surface area contributed by atoms with Crippen LogP contribution in [-0.2, 0) is 10.0 Å². The van der Waals surface area contributed by atoms with Crippen molar-refractivity contribution in [3.63, 3.8) is 0 Å². The fourth-order valence-electron chi connectivity index (χ4n) is 1.46. The molecule has 0 bridgehead atoms. The van der Waals surface area contributed by atoms with Crippen molar-refractivity contribution in [3.8, 4) is 5.75 Å². The summed E-state index contributed by atoms with van der Waals surface area (Å²) in [5.41, 5.74) is 1.45. The normalized spacial score (nSPS) is 11.9. The van der Waals surface area contributed by atoms with Crippen molar-refractivity contribution in [2.45, 2.75) is 38.7 Å². The van der Waals surface area contributed by atoms with Crippen LogP contribution in [0.5, 0.6) is 5.75 Å². The molecule has 0 fully saturated rings. The Bertz CT molecular complexity index is 492. The molecule has 0 aliphatic heterocycles. The zero-order valence-corrected chi connectivity index (χ0v) is 10.8. The van der Waals surface area contributed by atoms with Crippen molar-refractivity contribution in [2.24, 2.45) is 5.14 Å². The van der Waals surface area contributed by atoms with E-state index < -0.39 is 10.0 Å². The van der Waals surface area contributed by atoms with E-state index >= 15 is 0 Å². The molecule has 0 radical (unpaired) electrons. The fraction of sp³-hybridized carbons (Fsp3) is 0.455. The third kappa shape index (κ3) is 2.74. The second-order valence-corrected chi connectivity index (χ2v) is 5.55. The van der Waals surface area contributed by atoms with Crippen LogP contribution < -0.4 is 9.88 Å². The van der Waals surface area contributed by atoms with E-state index in [0.29, 0.717) is 11.3 Å². The second kappa shape index (κ2) is 4.43. The van der Waals surface area contributed by atoms with Crippen LogP contribution in [0.2, 0.25) is 0 Å². The van der Waals surface area contributed by atoms with Crippen molar-refractivity contribution >= 4 is 10.0 Å². The molecule has 0 saturated heterocycles. The second-order valence-electron chi connectivity index (χ2n) is 4.02. The maximum atomic E-state index is 11.3. The molecule has 0 aliphatic rings. The molecule has 0 amide bonds. The van der Waals surface area contributed by atoms with Gasteiger partial charge < -0.3 is 4.74 Å². The van der Waals surface area contributed by atoms with Gasteiger partial charge in [-0.3, -0.25) is 0 Å². The number of ether oxygens (including phenoxy) is 1. The van der Waals surface area contributed by atoms with Gasteiger partial charge in [0.25, 0.3) is 0 Å². The first kappa shape index (κ1) is 13.0. The van der Waals surface area contributed by atoms with Crippen molar-refractivity contribution in [2.75, 3.05) is 0 Å². The van der Waals surface area contributed by atoms with E-state index in [1.54, 1.807) is 13.0 Å². The Morgan fingerprint density at radius 3 is 2.19 bits per heavy atom. The SMILES string of the molecule is Cc1c(OC(C)C)ccc(S(N)(=O)=O)c1C. The van der Waals surface area contributed by atoms with E-state index in [1.807, 2.05) is 20.8 Å². The summed E-state index contributed by atoms with van der Waals surface area (Å²) in [7, 11) is -3.66. The topological polar surface area (TPSA) is 69.4 Å². The molecule has 0 spiro atoms. The molecular weight excluding hydrogens is 226 g/mol. The lowest BCUT2D eigenvalue weighted by atomic mass is 10.1. The van der Waals surface area contributed by atoms with E-state index in [4.69, 9.17) is 9.88 Å². The molecule has 0 aromatic heterocycles. The lowest BCUT2D eigenvalue weighted by Crippen LogP contribution is -2.15. The summed E-state index contributed by atoms with van der Waals surface area (Å²) in [6.45, 7) is 7.38. The monoisotopic (exact) mass is 243 g/mol. The van der Waals surface area contributed by atoms with Crippen molar-refractivity contribution in [1.29, 1.82) is 0 Å². The summed E-state index contributed by atoms with van der Waals surface area (Å²) in [6, 6.07) is 3.12. The maximum absolute atomic E-state index is 11.3. The smallest absolute Gasteiger partial charge is 0.238 e. The summed E-state index contributed by atoms with van der Waals surface area (Å²) in [5, 5.41) is 5.11. The maximum Gasteiger partial charge on any atom is 0.238 e. The number of hydrogen-bond acceptors (Lipinski definition) is 3. The molecule has 1 aromatic rings. The first-order valence-electron chi connectivity index (χ1n) is 5.03. The minimum atomic E-state index is -3.66. The van der Waals surface area contributed by atoms with E-state index in [0.717, 1.165) is 5.56 Å². The molecule has 4 nitrogen and oxygen atoms in total. The quantitative estimate of drug-likeness (QED) is 0.879. The average Bonchev–Trinajstić information content (AvgIpc) is 2.10. The molecule has 1 rings (SSSR count). The number of primary sulfonamides is 1. The van der Waals surface area contributed by atoms with Gasteiger partial charge in [0, 0.05) is 0 Å². The zero-order chi connectivity index (χ0) is 12.5. The van der Waals surface area contributed by atoms with Gasteiger partial charge in [0.15, 0.2) is 0 Å². The van der Waals surface area contributed by atoms with Gasteiger partial charge in [-0.1, -0.05) is 0 Å². The Balaban J connectivity index is 3.29. The highest BCUT2D eigenvalue weighted by Crippen LogP contribution is 2.27. The highest BCUT2D eigenvalue weighted by atomic mass is 32.2. The summed E-state index contributed by atoms with van der Waals surface area (Å²) in [5.74, 6) is 0.694. The molecule has 0 unspecified atom stereocenters. The number of nitrogens with two attached hydrogens (primary N) is 1. The summed E-state index contributed by atoms with van der Waals surface area (Å²) in [6.07, 6.45) is 0.0541. The third-order valence-corrected chi connectivity index (χ3v) is 3.41. The van der Waals surface area contributed by atoms with Gasteiger partial charge >= 0.3 is 0 Å². The largest absolute Gasteiger partial charge is 0.491 e. The van der Waals surface area contributed by atoms with Gasteiger partial charge in [-0.2, -0.15) is 0 Å². The van der Waals surface area contributed by atoms with Crippen LogP contribution in [0.1, 0.15) is 25.0 Å². The van der Waals surface area contributed by atoms with Gasteiger partial charge in [0.2, 0.25) is 10.0 Å². The predicted molar refractivity (Wildman–Crippen MR) is 63.1 cm³/mol. The highest BCUT2D eigenvalue weighted by Gasteiger charge is 2.15. The van der Waals surface area contributed by atoms with E-state index in [1.165, 1.54) is 6.07 Å². The molecule has 0 aliphatic carbocycles. The Morgan fingerprint density at radius 2 is 1.75 bits per heavy atom. The zero-order valence-electron chi connectivity index (χ0n) is 9.94. The fourth-order valence-corrected chi connectivity index (χ4v) is 2.30. The summed E-state index contributed by atoms with van der Waals surface area (Å²) >= 11 is 0. The molecule has 0 atom stereocenters. The predicted octanol–water partition coefficient (Wildman–Crippen LogP) is 1.74. The lowest BCUT2D eigenvalue weighted by Gasteiger charge is -2.15. The molecular formula is C11H17NO3S. The van der Waals surface area contributed by atoms with Crippen LogP contribution in [0, 0.1) is 13.8 Å². The van der Waals surface area contributed by atoms with Gasteiger partial charge in [0.1, 0.15) is 5.75 Å². The van der Waals surface area contributed by atoms with Crippen LogP contribution in [0.15, 0.2) is 17.0 Å². The molecule has 0 heterocycles. The molecule has 1 aromatic carbocycles. The summed E-state index contributed by atoms with van der Waals surface area (Å²) in [4.78, 5) is 0.154. The Kier molecular flexibility index (Phi) is 3.60. The first-order chi connectivity index (χ1) is 7.23. The number of rotatable bonds is 3. The number of hydrogen-bond donors (Lipinski definition) is 1. The molecule has 2 N–H and O–H groups in total. The lowest BCUT2D eigenvalue weighted by molar-refractivity contribution is 0.240. The minimum absolute atomic E-state index is 0.0541. The minimum Gasteiger partial charge on any atom is -0.491 e. The van der Waals surface area contributed by atoms with E-state index in [2.05, 4.69) is 0 Å². The van der Waals surface area contributed by atoms with Crippen molar-refractivity contribution in [1.82, 2.24) is 0 Å². The van der Waals surface area contributed by atoms with Gasteiger partial charge in [0.05, 0.1) is 11.0 Å². The first-order valence-corrected chi connectivity index (χ1v) is 6.57. The highest BCUT2D eigenvalue weighted by molar-refractivity contribution is 7.89. The molecule has 0 saturated carbocycles. The van der Waals surface area contributed by atoms with E-state index in [-0.39, 0.29) is 11.0 Å². The van der Waals surface area contributed by atoms with Crippen molar-refractivity contribution < 1.29 is 13.2 Å². The Morgan fingerprint density at radius 1 is 1.19 bits per heavy atom. The van der Waals surface area contributed by atoms with Gasteiger partial charge in [-0.25, -0.2) is 13.6 Å². The average molecular weight is 243 g/mol. The van der Waals surface area contributed by atoms with Gasteiger partial charge in [-0.15, -0.1) is 0 Å². The number of benzene rings is 1. The Hall–Kier alpha value is -1.07. The molecule has 5 heteroatoms. The standard InChI is InChI=1S/C11H17NO3S/c1-7(2)15-10-5-6-11(16(12,13)14)9(4)8(10)3/h5-7H,1-4H3,(H2,12,13,14). The van der Waals surface area contributed by atoms with Crippen LogP contribution >= 0.6 is 0 Å². The van der Waals surface area contributed by atoms with Crippen LogP contribution in [-0.4, -0.2) is 14.5 Å². The van der Waals surface area contributed by atoms with Crippen LogP contribution in [0.25, 0.3) is 0 Å². The van der Waals surface area contributed by atoms with Crippen LogP contribution in [0.4, 0.5) is 0 Å². The molecule has 16 heavy (non-hydrogen) atoms. The van der Waals surface area contributed by atoms with Crippen molar-refractivity contribution in [3.05, 3.63) is 23.3 Å². The van der Waals surface area contributed by atoms with Crippen LogP contribution in [0.3, 0.4) is 0 Å². The molecule has 90 valence electrons. The van der Waals surface area contributed by atoms with E-state index in [9.17, 15) is 8.42 Å². The van der Waals surface area contributed by atoms with Gasteiger partial charge in [-0.05, 0) is 51.0 Å². The third-order valence-electron chi connectivity index (χ3n) is 2.36.